The van der Waals surface area contributed by atoms with Crippen LogP contribution in [-0.4, -0.2) is 56.4 Å². The number of para-hydroxylation sites is 1. The van der Waals surface area contributed by atoms with Gasteiger partial charge in [-0.1, -0.05) is 25.1 Å². The van der Waals surface area contributed by atoms with E-state index in [1.165, 1.54) is 4.90 Å². The van der Waals surface area contributed by atoms with Gasteiger partial charge in [-0.2, -0.15) is 0 Å². The predicted molar refractivity (Wildman–Crippen MR) is 119 cm³/mol. The molecule has 0 aliphatic rings. The minimum Gasteiger partial charge on any atom is -0.345 e. The van der Waals surface area contributed by atoms with E-state index in [0.29, 0.717) is 17.8 Å². The second kappa shape index (κ2) is 11.1. The maximum atomic E-state index is 12.5. The lowest BCUT2D eigenvalue weighted by Crippen LogP contribution is -3.14. The first-order chi connectivity index (χ1) is 14.3. The van der Waals surface area contributed by atoms with Crippen molar-refractivity contribution >= 4 is 29.1 Å². The van der Waals surface area contributed by atoms with Crippen LogP contribution in [0.2, 0.25) is 0 Å². The SMILES string of the molecule is CCC[NH+](CC(=O)Nc1ccc(C(=O)N(C)C)cc1)CC(=O)Nc1ccccc1C. The molecule has 1 atom stereocenters. The molecule has 0 bridgehead atoms. The Hall–Kier alpha value is -3.19. The van der Waals surface area contributed by atoms with Gasteiger partial charge in [0.25, 0.3) is 17.7 Å². The highest BCUT2D eigenvalue weighted by Crippen LogP contribution is 2.12. The van der Waals surface area contributed by atoms with Crippen LogP contribution < -0.4 is 15.5 Å². The number of amides is 3. The fourth-order valence-corrected chi connectivity index (χ4v) is 3.11. The quantitative estimate of drug-likeness (QED) is 0.586. The summed E-state index contributed by atoms with van der Waals surface area (Å²) in [6.07, 6.45) is 0.863. The first-order valence-electron chi connectivity index (χ1n) is 10.1. The molecule has 2 aromatic rings. The van der Waals surface area contributed by atoms with Gasteiger partial charge in [0.15, 0.2) is 13.1 Å². The molecule has 7 heteroatoms. The van der Waals surface area contributed by atoms with Gasteiger partial charge in [0.1, 0.15) is 0 Å². The summed E-state index contributed by atoms with van der Waals surface area (Å²) in [6, 6.07) is 14.4. The molecule has 0 aliphatic heterocycles. The molecule has 30 heavy (non-hydrogen) atoms. The number of benzene rings is 2. The van der Waals surface area contributed by atoms with Crippen LogP contribution in [0.3, 0.4) is 0 Å². The molecule has 1 unspecified atom stereocenters. The van der Waals surface area contributed by atoms with Crippen LogP contribution in [0.4, 0.5) is 11.4 Å². The number of anilines is 2. The number of carbonyl (C=O) groups is 3. The van der Waals surface area contributed by atoms with E-state index in [9.17, 15) is 14.4 Å². The van der Waals surface area contributed by atoms with Crippen molar-refractivity contribution in [2.45, 2.75) is 20.3 Å². The van der Waals surface area contributed by atoms with E-state index >= 15 is 0 Å². The zero-order valence-corrected chi connectivity index (χ0v) is 18.1. The number of carbonyl (C=O) groups excluding carboxylic acids is 3. The summed E-state index contributed by atoms with van der Waals surface area (Å²) >= 11 is 0. The van der Waals surface area contributed by atoms with E-state index in [4.69, 9.17) is 0 Å². The number of aryl methyl sites for hydroxylation is 1. The Morgan fingerprint density at radius 3 is 2.07 bits per heavy atom. The van der Waals surface area contributed by atoms with Crippen LogP contribution in [-0.2, 0) is 9.59 Å². The summed E-state index contributed by atoms with van der Waals surface area (Å²) in [5.41, 5.74) is 2.96. The van der Waals surface area contributed by atoms with Crippen LogP contribution in [0.1, 0.15) is 29.3 Å². The third kappa shape index (κ3) is 7.00. The molecule has 3 N–H and O–H groups in total. The molecular formula is C23H31N4O3+. The molecule has 0 aromatic heterocycles. The first-order valence-corrected chi connectivity index (χ1v) is 10.1. The van der Waals surface area contributed by atoms with Crippen LogP contribution in [0.25, 0.3) is 0 Å². The van der Waals surface area contributed by atoms with Crippen LogP contribution >= 0.6 is 0 Å². The normalized spacial score (nSPS) is 11.5. The Labute approximate surface area is 178 Å². The van der Waals surface area contributed by atoms with Crippen molar-refractivity contribution in [3.63, 3.8) is 0 Å². The predicted octanol–water partition coefficient (Wildman–Crippen LogP) is 1.57. The average molecular weight is 412 g/mol. The van der Waals surface area contributed by atoms with Gasteiger partial charge in [-0.05, 0) is 49.2 Å². The minimum atomic E-state index is -0.172. The zero-order valence-electron chi connectivity index (χ0n) is 18.1. The molecule has 2 rings (SSSR count). The summed E-state index contributed by atoms with van der Waals surface area (Å²) in [7, 11) is 3.39. The maximum Gasteiger partial charge on any atom is 0.279 e. The first kappa shape index (κ1) is 23.1. The topological polar surface area (TPSA) is 83.0 Å². The van der Waals surface area contributed by atoms with E-state index in [-0.39, 0.29) is 30.8 Å². The van der Waals surface area contributed by atoms with E-state index in [2.05, 4.69) is 10.6 Å². The van der Waals surface area contributed by atoms with Crippen LogP contribution in [0.15, 0.2) is 48.5 Å². The van der Waals surface area contributed by atoms with Gasteiger partial charge in [0.05, 0.1) is 6.54 Å². The van der Waals surface area contributed by atoms with Crippen molar-refractivity contribution in [3.8, 4) is 0 Å². The molecule has 0 radical (unpaired) electrons. The van der Waals surface area contributed by atoms with Gasteiger partial charge in [-0.3, -0.25) is 14.4 Å². The molecule has 0 fully saturated rings. The molecule has 0 saturated heterocycles. The van der Waals surface area contributed by atoms with Gasteiger partial charge in [0, 0.05) is 31.0 Å². The molecule has 0 spiro atoms. The average Bonchev–Trinajstić information content (AvgIpc) is 2.69. The number of hydrogen-bond donors (Lipinski definition) is 3. The number of nitrogens with one attached hydrogen (secondary N) is 3. The van der Waals surface area contributed by atoms with Gasteiger partial charge in [0.2, 0.25) is 0 Å². The number of quaternary nitrogens is 1. The zero-order chi connectivity index (χ0) is 22.1. The van der Waals surface area contributed by atoms with Crippen molar-refractivity contribution < 1.29 is 19.3 Å². The summed E-state index contributed by atoms with van der Waals surface area (Å²) in [5, 5.41) is 5.76. The van der Waals surface area contributed by atoms with Crippen molar-refractivity contribution in [2.24, 2.45) is 0 Å². The third-order valence-corrected chi connectivity index (χ3v) is 4.67. The van der Waals surface area contributed by atoms with E-state index in [1.807, 2.05) is 38.1 Å². The molecule has 0 aliphatic carbocycles. The Balaban J connectivity index is 1.92. The fraction of sp³-hybridized carbons (Fsp3) is 0.348. The lowest BCUT2D eigenvalue weighted by molar-refractivity contribution is -0.883. The molecular weight excluding hydrogens is 380 g/mol. The Morgan fingerprint density at radius 2 is 1.50 bits per heavy atom. The maximum absolute atomic E-state index is 12.5. The highest BCUT2D eigenvalue weighted by Gasteiger charge is 2.18. The minimum absolute atomic E-state index is 0.0916. The number of rotatable bonds is 9. The molecule has 2 aromatic carbocycles. The number of hydrogen-bond acceptors (Lipinski definition) is 3. The second-order valence-electron chi connectivity index (χ2n) is 7.54. The van der Waals surface area contributed by atoms with Crippen molar-refractivity contribution in [2.75, 3.05) is 44.4 Å². The highest BCUT2D eigenvalue weighted by atomic mass is 16.2. The van der Waals surface area contributed by atoms with Gasteiger partial charge in [-0.25, -0.2) is 0 Å². The fourth-order valence-electron chi connectivity index (χ4n) is 3.11. The smallest absolute Gasteiger partial charge is 0.279 e. The van der Waals surface area contributed by atoms with Gasteiger partial charge >= 0.3 is 0 Å². The highest BCUT2D eigenvalue weighted by molar-refractivity contribution is 5.96. The Kier molecular flexibility index (Phi) is 8.55. The Bertz CT molecular complexity index is 878. The van der Waals surface area contributed by atoms with E-state index in [1.54, 1.807) is 38.4 Å². The second-order valence-corrected chi connectivity index (χ2v) is 7.54. The summed E-state index contributed by atoms with van der Waals surface area (Å²) in [4.78, 5) is 39.3. The van der Waals surface area contributed by atoms with Crippen molar-refractivity contribution in [3.05, 3.63) is 59.7 Å². The van der Waals surface area contributed by atoms with Crippen molar-refractivity contribution in [1.29, 1.82) is 0 Å². The molecule has 7 nitrogen and oxygen atoms in total. The largest absolute Gasteiger partial charge is 0.345 e. The van der Waals surface area contributed by atoms with Gasteiger partial charge in [-0.15, -0.1) is 0 Å². The van der Waals surface area contributed by atoms with Crippen LogP contribution in [0, 0.1) is 6.92 Å². The molecule has 160 valence electrons. The summed E-state index contributed by atoms with van der Waals surface area (Å²) < 4.78 is 0. The summed E-state index contributed by atoms with van der Waals surface area (Å²) in [5.74, 6) is -0.382. The molecule has 0 heterocycles. The van der Waals surface area contributed by atoms with E-state index < -0.39 is 0 Å². The lowest BCUT2D eigenvalue weighted by atomic mass is 10.2. The third-order valence-electron chi connectivity index (χ3n) is 4.67. The lowest BCUT2D eigenvalue weighted by Gasteiger charge is -2.18. The van der Waals surface area contributed by atoms with Gasteiger partial charge < -0.3 is 20.4 Å². The molecule has 0 saturated carbocycles. The van der Waals surface area contributed by atoms with Crippen LogP contribution in [0.5, 0.6) is 0 Å². The standard InChI is InChI=1S/C23H30N4O3/c1-5-14-27(16-22(29)25-20-9-7-6-8-17(20)2)15-21(28)24-19-12-10-18(11-13-19)23(30)26(3)4/h6-13H,5,14-16H2,1-4H3,(H,24,28)(H,25,29)/p+1. The molecule has 3 amide bonds. The number of nitrogens with zero attached hydrogens (tertiary/aromatic N) is 1. The van der Waals surface area contributed by atoms with Crippen molar-refractivity contribution in [1.82, 2.24) is 4.90 Å². The summed E-state index contributed by atoms with van der Waals surface area (Å²) in [6.45, 7) is 5.08. The van der Waals surface area contributed by atoms with E-state index in [0.717, 1.165) is 22.6 Å². The Morgan fingerprint density at radius 1 is 0.900 bits per heavy atom. The monoisotopic (exact) mass is 411 g/mol.